The molecule has 0 spiro atoms. The maximum atomic E-state index is 6.58. The monoisotopic (exact) mass is 217 g/mol. The van der Waals surface area contributed by atoms with Crippen molar-refractivity contribution in [3.63, 3.8) is 0 Å². The van der Waals surface area contributed by atoms with Crippen molar-refractivity contribution in [2.24, 2.45) is 11.7 Å². The molecule has 0 aliphatic heterocycles. The highest BCUT2D eigenvalue weighted by molar-refractivity contribution is 5.33. The fourth-order valence-electron chi connectivity index (χ4n) is 2.83. The fourth-order valence-corrected chi connectivity index (χ4v) is 2.83. The Morgan fingerprint density at radius 3 is 2.06 bits per heavy atom. The van der Waals surface area contributed by atoms with Crippen LogP contribution in [0.2, 0.25) is 0 Å². The number of nitrogens with two attached hydrogens (primary N) is 1. The van der Waals surface area contributed by atoms with Gasteiger partial charge in [0.1, 0.15) is 0 Å². The zero-order chi connectivity index (χ0) is 11.8. The Morgan fingerprint density at radius 2 is 1.56 bits per heavy atom. The molecule has 1 saturated carbocycles. The second-order valence-electron chi connectivity index (χ2n) is 5.72. The van der Waals surface area contributed by atoms with Crippen molar-refractivity contribution >= 4 is 0 Å². The molecule has 1 aliphatic carbocycles. The lowest BCUT2D eigenvalue weighted by atomic mass is 9.73. The number of rotatable bonds is 1. The Labute approximate surface area is 99.0 Å². The molecule has 0 unspecified atom stereocenters. The van der Waals surface area contributed by atoms with E-state index in [1.165, 1.54) is 29.5 Å². The highest BCUT2D eigenvalue weighted by Crippen LogP contribution is 2.37. The van der Waals surface area contributed by atoms with Crippen molar-refractivity contribution < 1.29 is 0 Å². The largest absolute Gasteiger partial charge is 0.321 e. The maximum absolute atomic E-state index is 6.58. The van der Waals surface area contributed by atoms with Crippen LogP contribution in [0.3, 0.4) is 0 Å². The predicted molar refractivity (Wildman–Crippen MR) is 69.4 cm³/mol. The van der Waals surface area contributed by atoms with Gasteiger partial charge in [-0.3, -0.25) is 0 Å². The number of hydrogen-bond acceptors (Lipinski definition) is 1. The third-order valence-corrected chi connectivity index (χ3v) is 3.96. The molecule has 2 rings (SSSR count). The average molecular weight is 217 g/mol. The van der Waals surface area contributed by atoms with Gasteiger partial charge in [-0.2, -0.15) is 0 Å². The summed E-state index contributed by atoms with van der Waals surface area (Å²) in [6.07, 6.45) is 4.81. The topological polar surface area (TPSA) is 26.0 Å². The van der Waals surface area contributed by atoms with Crippen LogP contribution < -0.4 is 5.73 Å². The van der Waals surface area contributed by atoms with Gasteiger partial charge in [0.05, 0.1) is 0 Å². The molecule has 1 heteroatoms. The minimum absolute atomic E-state index is 0.0662. The summed E-state index contributed by atoms with van der Waals surface area (Å²) >= 11 is 0. The molecule has 0 radical (unpaired) electrons. The van der Waals surface area contributed by atoms with Crippen LogP contribution in [0, 0.1) is 19.8 Å². The SMILES string of the molecule is Cc1cc(C)cc(C2(N)CCC(C)CC2)c1. The molecule has 0 bridgehead atoms. The van der Waals surface area contributed by atoms with Crippen LogP contribution in [0.15, 0.2) is 18.2 Å². The van der Waals surface area contributed by atoms with Crippen LogP contribution in [0.1, 0.15) is 49.3 Å². The molecule has 0 saturated heterocycles. The average Bonchev–Trinajstić information content (AvgIpc) is 2.21. The quantitative estimate of drug-likeness (QED) is 0.763. The fraction of sp³-hybridized carbons (Fsp3) is 0.600. The van der Waals surface area contributed by atoms with Crippen molar-refractivity contribution in [3.8, 4) is 0 Å². The van der Waals surface area contributed by atoms with Crippen LogP contribution in [-0.4, -0.2) is 0 Å². The van der Waals surface area contributed by atoms with E-state index in [0.717, 1.165) is 18.8 Å². The highest BCUT2D eigenvalue weighted by Gasteiger charge is 2.31. The minimum atomic E-state index is -0.0662. The van der Waals surface area contributed by atoms with Gasteiger partial charge >= 0.3 is 0 Å². The van der Waals surface area contributed by atoms with Gasteiger partial charge in [-0.15, -0.1) is 0 Å². The summed E-state index contributed by atoms with van der Waals surface area (Å²) in [5, 5.41) is 0. The molecule has 2 N–H and O–H groups in total. The van der Waals surface area contributed by atoms with E-state index in [0.29, 0.717) is 0 Å². The normalized spacial score (nSPS) is 30.4. The van der Waals surface area contributed by atoms with Crippen LogP contribution in [-0.2, 0) is 5.54 Å². The molecule has 1 aromatic rings. The van der Waals surface area contributed by atoms with Crippen molar-refractivity contribution in [1.29, 1.82) is 0 Å². The zero-order valence-corrected chi connectivity index (χ0v) is 10.7. The molecule has 1 fully saturated rings. The van der Waals surface area contributed by atoms with Crippen molar-refractivity contribution in [1.82, 2.24) is 0 Å². The molecule has 1 aliphatic rings. The number of aryl methyl sites for hydroxylation is 2. The lowest BCUT2D eigenvalue weighted by Gasteiger charge is -2.37. The van der Waals surface area contributed by atoms with E-state index in [-0.39, 0.29) is 5.54 Å². The Morgan fingerprint density at radius 1 is 1.06 bits per heavy atom. The lowest BCUT2D eigenvalue weighted by Crippen LogP contribution is -2.40. The third kappa shape index (κ3) is 2.30. The van der Waals surface area contributed by atoms with Crippen molar-refractivity contribution in [3.05, 3.63) is 34.9 Å². The van der Waals surface area contributed by atoms with E-state index in [1.54, 1.807) is 0 Å². The van der Waals surface area contributed by atoms with Gasteiger partial charge < -0.3 is 5.73 Å². The lowest BCUT2D eigenvalue weighted by molar-refractivity contribution is 0.248. The molecule has 0 amide bonds. The summed E-state index contributed by atoms with van der Waals surface area (Å²) in [4.78, 5) is 0. The van der Waals surface area contributed by atoms with Crippen LogP contribution in [0.25, 0.3) is 0 Å². The highest BCUT2D eigenvalue weighted by atomic mass is 14.7. The van der Waals surface area contributed by atoms with Crippen LogP contribution in [0.4, 0.5) is 0 Å². The molecule has 0 aromatic heterocycles. The molecule has 16 heavy (non-hydrogen) atoms. The van der Waals surface area contributed by atoms with E-state index >= 15 is 0 Å². The van der Waals surface area contributed by atoms with Crippen LogP contribution in [0.5, 0.6) is 0 Å². The molecule has 88 valence electrons. The molecule has 0 heterocycles. The Hall–Kier alpha value is -0.820. The summed E-state index contributed by atoms with van der Waals surface area (Å²) in [6, 6.07) is 6.75. The van der Waals surface area contributed by atoms with Gasteiger partial charge in [0.25, 0.3) is 0 Å². The van der Waals surface area contributed by atoms with Gasteiger partial charge in [0.2, 0.25) is 0 Å². The van der Waals surface area contributed by atoms with Gasteiger partial charge in [-0.25, -0.2) is 0 Å². The summed E-state index contributed by atoms with van der Waals surface area (Å²) < 4.78 is 0. The zero-order valence-electron chi connectivity index (χ0n) is 10.7. The smallest absolute Gasteiger partial charge is 0.0410 e. The second-order valence-corrected chi connectivity index (χ2v) is 5.72. The van der Waals surface area contributed by atoms with E-state index in [1.807, 2.05) is 0 Å². The molecule has 0 atom stereocenters. The maximum Gasteiger partial charge on any atom is 0.0410 e. The first kappa shape index (κ1) is 11.7. The summed E-state index contributed by atoms with van der Waals surface area (Å²) in [5.74, 6) is 0.850. The van der Waals surface area contributed by atoms with Crippen molar-refractivity contribution in [2.75, 3.05) is 0 Å². The molecule has 1 aromatic carbocycles. The number of benzene rings is 1. The van der Waals surface area contributed by atoms with E-state index in [9.17, 15) is 0 Å². The Kier molecular flexibility index (Phi) is 3.07. The Balaban J connectivity index is 2.28. The summed E-state index contributed by atoms with van der Waals surface area (Å²) in [7, 11) is 0. The van der Waals surface area contributed by atoms with Gasteiger partial charge in [0, 0.05) is 5.54 Å². The standard InChI is InChI=1S/C15H23N/c1-11-4-6-15(16,7-5-11)14-9-12(2)8-13(3)10-14/h8-11H,4-7,16H2,1-3H3. The molecular formula is C15H23N. The van der Waals surface area contributed by atoms with Gasteiger partial charge in [-0.05, 0) is 51.0 Å². The van der Waals surface area contributed by atoms with E-state index in [2.05, 4.69) is 39.0 Å². The first-order valence-electron chi connectivity index (χ1n) is 6.37. The second kappa shape index (κ2) is 4.21. The first-order chi connectivity index (χ1) is 7.49. The summed E-state index contributed by atoms with van der Waals surface area (Å²) in [5.41, 5.74) is 10.5. The van der Waals surface area contributed by atoms with E-state index in [4.69, 9.17) is 5.73 Å². The van der Waals surface area contributed by atoms with E-state index < -0.39 is 0 Å². The van der Waals surface area contributed by atoms with Gasteiger partial charge in [0.15, 0.2) is 0 Å². The Bertz CT molecular complexity index is 353. The van der Waals surface area contributed by atoms with Crippen LogP contribution >= 0.6 is 0 Å². The number of hydrogen-bond donors (Lipinski definition) is 1. The summed E-state index contributed by atoms with van der Waals surface area (Å²) in [6.45, 7) is 6.65. The third-order valence-electron chi connectivity index (χ3n) is 3.96. The molecule has 1 nitrogen and oxygen atoms in total. The van der Waals surface area contributed by atoms with Gasteiger partial charge in [-0.1, -0.05) is 36.2 Å². The van der Waals surface area contributed by atoms with Crippen molar-refractivity contribution in [2.45, 2.75) is 52.0 Å². The minimum Gasteiger partial charge on any atom is -0.321 e. The predicted octanol–water partition coefficient (Wildman–Crippen LogP) is 3.67. The first-order valence-corrected chi connectivity index (χ1v) is 6.37. The molecular weight excluding hydrogens is 194 g/mol.